The predicted molar refractivity (Wildman–Crippen MR) is 134 cm³/mol. The average Bonchev–Trinajstić information content (AvgIpc) is 3.71. The van der Waals surface area contributed by atoms with Crippen molar-refractivity contribution in [3.8, 4) is 0 Å². The summed E-state index contributed by atoms with van der Waals surface area (Å²) >= 11 is 0. The lowest BCUT2D eigenvalue weighted by molar-refractivity contribution is -0.150. The van der Waals surface area contributed by atoms with E-state index in [1.54, 1.807) is 6.92 Å². The minimum absolute atomic E-state index is 0.203. The van der Waals surface area contributed by atoms with Crippen molar-refractivity contribution < 1.29 is 24.0 Å². The normalized spacial score (nSPS) is 29.3. The van der Waals surface area contributed by atoms with Crippen LogP contribution in [0.1, 0.15) is 51.5 Å². The van der Waals surface area contributed by atoms with Gasteiger partial charge in [0.2, 0.25) is 17.7 Å². The second-order valence-corrected chi connectivity index (χ2v) is 10.8. The van der Waals surface area contributed by atoms with E-state index in [9.17, 15) is 24.0 Å². The largest absolute Gasteiger partial charge is 0.350 e. The zero-order chi connectivity index (χ0) is 26.5. The zero-order valence-corrected chi connectivity index (χ0v) is 21.6. The van der Waals surface area contributed by atoms with E-state index in [2.05, 4.69) is 10.6 Å². The van der Waals surface area contributed by atoms with Crippen molar-refractivity contribution >= 4 is 29.7 Å². The molecule has 0 aromatic heterocycles. The van der Waals surface area contributed by atoms with Crippen LogP contribution in [-0.2, 0) is 25.7 Å². The van der Waals surface area contributed by atoms with Gasteiger partial charge in [0.15, 0.2) is 0 Å². The molecule has 9 heteroatoms. The van der Waals surface area contributed by atoms with Crippen molar-refractivity contribution in [1.29, 1.82) is 0 Å². The van der Waals surface area contributed by atoms with E-state index in [4.69, 9.17) is 0 Å². The van der Waals surface area contributed by atoms with Crippen molar-refractivity contribution in [1.82, 2.24) is 20.4 Å². The molecule has 2 saturated carbocycles. The van der Waals surface area contributed by atoms with Crippen LogP contribution >= 0.6 is 0 Å². The third-order valence-corrected chi connectivity index (χ3v) is 8.63. The number of amides is 6. The molecule has 2 aliphatic carbocycles. The van der Waals surface area contributed by atoms with Gasteiger partial charge in [-0.3, -0.25) is 24.1 Å². The minimum atomic E-state index is -1.68. The molecule has 6 amide bonds. The molecule has 2 N–H and O–H groups in total. The van der Waals surface area contributed by atoms with E-state index in [1.807, 2.05) is 37.3 Å². The van der Waals surface area contributed by atoms with E-state index in [1.165, 1.54) is 7.05 Å². The fourth-order valence-electron chi connectivity index (χ4n) is 6.43. The Labute approximate surface area is 216 Å². The second kappa shape index (κ2) is 9.43. The fraction of sp³-hybridized carbons (Fsp3) is 0.536. The summed E-state index contributed by atoms with van der Waals surface area (Å²) in [7, 11) is 1.47. The highest BCUT2D eigenvalue weighted by Crippen LogP contribution is 2.53. The number of likely N-dealkylation sites (tertiary alicyclic amines) is 1. The van der Waals surface area contributed by atoms with Gasteiger partial charge in [-0.2, -0.15) is 0 Å². The van der Waals surface area contributed by atoms with Crippen LogP contribution in [0.5, 0.6) is 0 Å². The maximum atomic E-state index is 14.1. The van der Waals surface area contributed by atoms with Gasteiger partial charge in [-0.15, -0.1) is 0 Å². The third-order valence-electron chi connectivity index (χ3n) is 8.63. The molecule has 3 fully saturated rings. The molecule has 9 nitrogen and oxygen atoms in total. The van der Waals surface area contributed by atoms with Gasteiger partial charge >= 0.3 is 6.03 Å². The molecule has 0 spiro atoms. The number of urea groups is 1. The number of nitrogens with zero attached hydrogens (tertiary/aromatic N) is 2. The zero-order valence-electron chi connectivity index (χ0n) is 21.6. The lowest BCUT2D eigenvalue weighted by Crippen LogP contribution is -2.71. The highest BCUT2D eigenvalue weighted by molar-refractivity contribution is 6.12. The Morgan fingerprint density at radius 1 is 1.03 bits per heavy atom. The molecule has 37 heavy (non-hydrogen) atoms. The number of carbonyl (C=O) groups is 5. The summed E-state index contributed by atoms with van der Waals surface area (Å²) in [6.07, 6.45) is 3.28. The van der Waals surface area contributed by atoms with Gasteiger partial charge in [0.05, 0.1) is 11.8 Å². The maximum absolute atomic E-state index is 14.1. The first-order chi connectivity index (χ1) is 17.7. The van der Waals surface area contributed by atoms with E-state index in [-0.39, 0.29) is 18.4 Å². The molecule has 2 heterocycles. The Morgan fingerprint density at radius 3 is 2.38 bits per heavy atom. The van der Waals surface area contributed by atoms with Crippen LogP contribution in [0.25, 0.3) is 0 Å². The monoisotopic (exact) mass is 506 g/mol. The summed E-state index contributed by atoms with van der Waals surface area (Å²) in [4.78, 5) is 70.1. The lowest BCUT2D eigenvalue weighted by Gasteiger charge is -2.52. The van der Waals surface area contributed by atoms with E-state index in [0.29, 0.717) is 37.3 Å². The summed E-state index contributed by atoms with van der Waals surface area (Å²) in [6, 6.07) is 8.72. The summed E-state index contributed by atoms with van der Waals surface area (Å²) < 4.78 is 0. The number of carbonyl (C=O) groups excluding carboxylic acids is 5. The van der Waals surface area contributed by atoms with Crippen molar-refractivity contribution in [3.63, 3.8) is 0 Å². The van der Waals surface area contributed by atoms with Crippen molar-refractivity contribution in [2.24, 2.45) is 23.7 Å². The molecule has 196 valence electrons. The maximum Gasteiger partial charge on any atom is 0.325 e. The Kier molecular flexibility index (Phi) is 6.41. The van der Waals surface area contributed by atoms with E-state index >= 15 is 0 Å². The van der Waals surface area contributed by atoms with Crippen LogP contribution in [0.3, 0.4) is 0 Å². The minimum Gasteiger partial charge on any atom is -0.350 e. The number of hydrogen-bond acceptors (Lipinski definition) is 5. The summed E-state index contributed by atoms with van der Waals surface area (Å²) in [5, 5.41) is 5.79. The van der Waals surface area contributed by atoms with Crippen LogP contribution in [-0.4, -0.2) is 58.6 Å². The van der Waals surface area contributed by atoms with Crippen LogP contribution in [0.2, 0.25) is 0 Å². The highest BCUT2D eigenvalue weighted by Gasteiger charge is 2.65. The van der Waals surface area contributed by atoms with E-state index < -0.39 is 41.1 Å². The van der Waals surface area contributed by atoms with Gasteiger partial charge in [0.1, 0.15) is 5.54 Å². The molecule has 4 atom stereocenters. The molecule has 2 aliphatic heterocycles. The molecule has 1 aromatic carbocycles. The van der Waals surface area contributed by atoms with Crippen molar-refractivity contribution in [3.05, 3.63) is 47.0 Å². The number of nitrogens with one attached hydrogen (secondary N) is 2. The second-order valence-electron chi connectivity index (χ2n) is 10.8. The predicted octanol–water partition coefficient (Wildman–Crippen LogP) is 2.37. The van der Waals surface area contributed by atoms with Crippen LogP contribution in [0.15, 0.2) is 41.5 Å². The Hall–Kier alpha value is -3.49. The molecule has 0 bridgehead atoms. The van der Waals surface area contributed by atoms with Gasteiger partial charge in [0.25, 0.3) is 5.91 Å². The smallest absolute Gasteiger partial charge is 0.325 e. The number of benzene rings is 1. The van der Waals surface area contributed by atoms with Gasteiger partial charge in [-0.25, -0.2) is 9.69 Å². The molecule has 0 radical (unpaired) electrons. The topological polar surface area (TPSA) is 116 Å². The molecule has 5 rings (SSSR count). The van der Waals surface area contributed by atoms with Gasteiger partial charge in [0, 0.05) is 31.6 Å². The number of rotatable bonds is 6. The first-order valence-corrected chi connectivity index (χ1v) is 13.2. The van der Waals surface area contributed by atoms with Crippen LogP contribution in [0, 0.1) is 23.7 Å². The lowest BCUT2D eigenvalue weighted by atomic mass is 9.59. The van der Waals surface area contributed by atoms with Gasteiger partial charge in [-0.1, -0.05) is 42.8 Å². The van der Waals surface area contributed by atoms with Crippen molar-refractivity contribution in [2.45, 2.75) is 58.0 Å². The first-order valence-electron chi connectivity index (χ1n) is 13.2. The fourth-order valence-corrected chi connectivity index (χ4v) is 6.43. The summed E-state index contributed by atoms with van der Waals surface area (Å²) in [5.41, 5.74) is 0.379. The molecule has 1 saturated heterocycles. The van der Waals surface area contributed by atoms with Crippen molar-refractivity contribution in [2.75, 3.05) is 13.6 Å². The number of imide groups is 2. The molecule has 1 aromatic rings. The van der Waals surface area contributed by atoms with Crippen LogP contribution in [0.4, 0.5) is 4.79 Å². The van der Waals surface area contributed by atoms with E-state index in [0.717, 1.165) is 33.8 Å². The third kappa shape index (κ3) is 4.04. The Bertz CT molecular complexity index is 1190. The SMILES string of the molecule is CCC1=C2CC[C@H]3C(=O)N(C)C(=O)[C@H]3[C@H]2[C@@](C)(C(=O)NCc2ccccc2)N(C(=O)NCC2CC2)C1=O. The average molecular weight is 507 g/mol. The first kappa shape index (κ1) is 25.2. The molecular weight excluding hydrogens is 472 g/mol. The Morgan fingerprint density at radius 2 is 1.73 bits per heavy atom. The highest BCUT2D eigenvalue weighted by atomic mass is 16.2. The quantitative estimate of drug-likeness (QED) is 0.575. The van der Waals surface area contributed by atoms with Gasteiger partial charge in [-0.05, 0) is 50.5 Å². The number of fused-ring (bicyclic) bond motifs is 3. The van der Waals surface area contributed by atoms with Gasteiger partial charge < -0.3 is 10.6 Å². The molecular formula is C28H34N4O5. The molecule has 0 unspecified atom stereocenters. The number of hydrogen-bond donors (Lipinski definition) is 2. The summed E-state index contributed by atoms with van der Waals surface area (Å²) in [6.45, 7) is 4.06. The van der Waals surface area contributed by atoms with Crippen LogP contribution < -0.4 is 10.6 Å². The standard InChI is InChI=1S/C28H34N4O5/c1-4-18-19-12-13-20-21(25(35)31(3)23(20)33)22(19)28(2,26(36)29-14-16-8-6-5-7-9-16)32(24(18)34)27(37)30-15-17-10-11-17/h5-9,17,20-22H,4,10-15H2,1-3H3,(H,29,36)(H,30,37)/t20-,21-,22+,28+/m1/s1. The molecule has 4 aliphatic rings. The summed E-state index contributed by atoms with van der Waals surface area (Å²) in [5.74, 6) is -3.41. The Balaban J connectivity index is 1.60.